The van der Waals surface area contributed by atoms with Crippen LogP contribution in [0.2, 0.25) is 0 Å². The van der Waals surface area contributed by atoms with Crippen LogP contribution in [0.15, 0.2) is 40.7 Å². The normalized spacial score (nSPS) is 19.8. The van der Waals surface area contributed by atoms with Gasteiger partial charge in [0.25, 0.3) is 0 Å². The number of nitrogens with zero attached hydrogens (tertiary/aromatic N) is 3. The predicted octanol–water partition coefficient (Wildman–Crippen LogP) is 3.58. The van der Waals surface area contributed by atoms with E-state index in [4.69, 9.17) is 0 Å². The van der Waals surface area contributed by atoms with Crippen LogP contribution in [0.3, 0.4) is 0 Å². The second-order valence-electron chi connectivity index (χ2n) is 6.16. The molecule has 0 saturated heterocycles. The maximum atomic E-state index is 12.7. The van der Waals surface area contributed by atoms with Crippen molar-refractivity contribution in [2.45, 2.75) is 43.8 Å². The summed E-state index contributed by atoms with van der Waals surface area (Å²) in [6.07, 6.45) is 5.38. The molecule has 124 valence electrons. The predicted molar refractivity (Wildman–Crippen MR) is 95.3 cm³/mol. The Hall–Kier alpha value is -2.08. The number of fused-ring (bicyclic) bond motifs is 1. The Balaban J connectivity index is 1.87. The first-order chi connectivity index (χ1) is 11.7. The van der Waals surface area contributed by atoms with Gasteiger partial charge in [0.2, 0.25) is 11.1 Å². The zero-order valence-corrected chi connectivity index (χ0v) is 14.7. The highest BCUT2D eigenvalue weighted by atomic mass is 32.2. The summed E-state index contributed by atoms with van der Waals surface area (Å²) in [7, 11) is 0. The second-order valence-corrected chi connectivity index (χ2v) is 6.93. The molecule has 0 spiro atoms. The van der Waals surface area contributed by atoms with Crippen molar-refractivity contribution in [2.24, 2.45) is 0 Å². The molecule has 0 fully saturated rings. The summed E-state index contributed by atoms with van der Waals surface area (Å²) in [6, 6.07) is 8.33. The van der Waals surface area contributed by atoms with E-state index in [0.29, 0.717) is 6.42 Å². The first kappa shape index (κ1) is 15.4. The fourth-order valence-electron chi connectivity index (χ4n) is 3.47. The fraction of sp³-hybridized carbons (Fsp3) is 0.389. The second kappa shape index (κ2) is 6.09. The van der Waals surface area contributed by atoms with Crippen LogP contribution in [0.1, 0.15) is 43.4 Å². The van der Waals surface area contributed by atoms with E-state index in [9.17, 15) is 4.79 Å². The Morgan fingerprint density at radius 2 is 2.08 bits per heavy atom. The van der Waals surface area contributed by atoms with Crippen molar-refractivity contribution in [1.82, 2.24) is 14.8 Å². The molecule has 0 radical (unpaired) electrons. The number of carbonyl (C=O) groups is 1. The van der Waals surface area contributed by atoms with E-state index in [1.165, 1.54) is 17.3 Å². The summed E-state index contributed by atoms with van der Waals surface area (Å²) in [4.78, 5) is 17.2. The lowest BCUT2D eigenvalue weighted by Gasteiger charge is -2.32. The molecule has 1 aromatic carbocycles. The van der Waals surface area contributed by atoms with Crippen LogP contribution in [0.5, 0.6) is 0 Å². The molecule has 0 saturated carbocycles. The van der Waals surface area contributed by atoms with Gasteiger partial charge in [-0.2, -0.15) is 4.98 Å². The Morgan fingerprint density at radius 1 is 1.29 bits per heavy atom. The highest BCUT2D eigenvalue weighted by Gasteiger charge is 2.36. The molecule has 6 heteroatoms. The van der Waals surface area contributed by atoms with Crippen molar-refractivity contribution in [3.63, 3.8) is 0 Å². The number of thioether (sulfide) groups is 1. The van der Waals surface area contributed by atoms with E-state index in [-0.39, 0.29) is 11.8 Å². The zero-order chi connectivity index (χ0) is 16.7. The lowest BCUT2D eigenvalue weighted by atomic mass is 9.85. The summed E-state index contributed by atoms with van der Waals surface area (Å²) >= 11 is 1.51. The van der Waals surface area contributed by atoms with Crippen LogP contribution in [0.4, 0.5) is 5.95 Å². The quantitative estimate of drug-likeness (QED) is 0.865. The van der Waals surface area contributed by atoms with Gasteiger partial charge in [0.05, 0.1) is 0 Å². The Labute approximate surface area is 145 Å². The first-order valence-corrected chi connectivity index (χ1v) is 9.56. The van der Waals surface area contributed by atoms with Gasteiger partial charge in [-0.1, -0.05) is 43.0 Å². The van der Waals surface area contributed by atoms with Crippen LogP contribution in [-0.4, -0.2) is 26.8 Å². The van der Waals surface area contributed by atoms with Crippen molar-refractivity contribution in [3.05, 3.63) is 46.7 Å². The number of aromatic nitrogens is 3. The zero-order valence-electron chi connectivity index (χ0n) is 13.9. The molecule has 4 rings (SSSR count). The van der Waals surface area contributed by atoms with E-state index >= 15 is 0 Å². The smallest absolute Gasteiger partial charge is 0.227 e. The minimum Gasteiger partial charge on any atom is -0.328 e. The Morgan fingerprint density at radius 3 is 2.79 bits per heavy atom. The summed E-state index contributed by atoms with van der Waals surface area (Å²) in [5.74, 6) is 0.956. The number of hydrogen-bond acceptors (Lipinski definition) is 5. The third-order valence-corrected chi connectivity index (χ3v) is 5.27. The van der Waals surface area contributed by atoms with Gasteiger partial charge in [-0.3, -0.25) is 4.79 Å². The van der Waals surface area contributed by atoms with Crippen molar-refractivity contribution < 1.29 is 4.79 Å². The molecule has 1 aromatic heterocycles. The topological polar surface area (TPSA) is 59.8 Å². The summed E-state index contributed by atoms with van der Waals surface area (Å²) in [6.45, 7) is 2.14. The Kier molecular flexibility index (Phi) is 3.92. The molecular formula is C18H20N4OS. The van der Waals surface area contributed by atoms with Gasteiger partial charge in [0.15, 0.2) is 5.78 Å². The third-order valence-electron chi connectivity index (χ3n) is 4.73. The fourth-order valence-corrected chi connectivity index (χ4v) is 3.81. The van der Waals surface area contributed by atoms with Crippen LogP contribution in [-0.2, 0) is 11.2 Å². The molecule has 5 nitrogen and oxygen atoms in total. The lowest BCUT2D eigenvalue weighted by Crippen LogP contribution is -2.31. The molecule has 1 aliphatic heterocycles. The molecular weight excluding hydrogens is 320 g/mol. The van der Waals surface area contributed by atoms with Crippen molar-refractivity contribution in [3.8, 4) is 0 Å². The molecule has 1 atom stereocenters. The molecule has 0 bridgehead atoms. The number of benzene rings is 1. The first-order valence-electron chi connectivity index (χ1n) is 8.34. The average molecular weight is 340 g/mol. The van der Waals surface area contributed by atoms with E-state index < -0.39 is 0 Å². The van der Waals surface area contributed by atoms with Crippen LogP contribution >= 0.6 is 11.8 Å². The molecule has 2 heterocycles. The maximum absolute atomic E-state index is 12.7. The Bertz CT molecular complexity index is 822. The highest BCUT2D eigenvalue weighted by Crippen LogP contribution is 2.40. The maximum Gasteiger partial charge on any atom is 0.227 e. The number of hydrogen-bond donors (Lipinski definition) is 1. The van der Waals surface area contributed by atoms with Crippen LogP contribution in [0, 0.1) is 0 Å². The number of aryl methyl sites for hydroxylation is 1. The van der Waals surface area contributed by atoms with Gasteiger partial charge in [-0.25, -0.2) is 4.68 Å². The SMILES string of the molecule is CCc1ccc(C2C3=C(CCCC3=O)Nc3nc(SC)nn32)cc1. The molecule has 1 unspecified atom stereocenters. The molecule has 0 amide bonds. The van der Waals surface area contributed by atoms with Crippen molar-refractivity contribution in [2.75, 3.05) is 11.6 Å². The van der Waals surface area contributed by atoms with E-state index in [0.717, 1.165) is 47.2 Å². The number of allylic oxidation sites excluding steroid dienone is 2. The van der Waals surface area contributed by atoms with Gasteiger partial charge in [0.1, 0.15) is 6.04 Å². The van der Waals surface area contributed by atoms with E-state index in [2.05, 4.69) is 46.6 Å². The van der Waals surface area contributed by atoms with Crippen LogP contribution in [0.25, 0.3) is 0 Å². The number of anilines is 1. The van der Waals surface area contributed by atoms with Gasteiger partial charge in [-0.05, 0) is 36.6 Å². The summed E-state index contributed by atoms with van der Waals surface area (Å²) in [5, 5.41) is 8.68. The minimum atomic E-state index is -0.177. The average Bonchev–Trinajstić information content (AvgIpc) is 3.03. The standard InChI is InChI=1S/C18H20N4OS/c1-3-11-7-9-12(10-8-11)16-15-13(5-4-6-14(15)23)19-17-20-18(24-2)21-22(16)17/h7-10,16H,3-6H2,1-2H3,(H,19,20,21). The number of carbonyl (C=O) groups excluding carboxylic acids is 1. The van der Waals surface area contributed by atoms with Gasteiger partial charge in [-0.15, -0.1) is 5.10 Å². The van der Waals surface area contributed by atoms with E-state index in [1.807, 2.05) is 10.9 Å². The minimum absolute atomic E-state index is 0.177. The number of nitrogens with one attached hydrogen (secondary N) is 1. The molecule has 24 heavy (non-hydrogen) atoms. The van der Waals surface area contributed by atoms with Crippen LogP contribution < -0.4 is 5.32 Å². The van der Waals surface area contributed by atoms with Gasteiger partial charge < -0.3 is 5.32 Å². The van der Waals surface area contributed by atoms with Gasteiger partial charge >= 0.3 is 0 Å². The monoisotopic (exact) mass is 340 g/mol. The number of Topliss-reactive ketones (excluding diaryl/α,β-unsaturated/α-hetero) is 1. The largest absolute Gasteiger partial charge is 0.328 e. The summed E-state index contributed by atoms with van der Waals surface area (Å²) < 4.78 is 1.87. The molecule has 2 aromatic rings. The number of ketones is 1. The summed E-state index contributed by atoms with van der Waals surface area (Å²) in [5.41, 5.74) is 4.26. The third kappa shape index (κ3) is 2.45. The van der Waals surface area contributed by atoms with E-state index in [1.54, 1.807) is 0 Å². The van der Waals surface area contributed by atoms with Gasteiger partial charge in [0, 0.05) is 17.7 Å². The lowest BCUT2D eigenvalue weighted by molar-refractivity contribution is -0.116. The highest BCUT2D eigenvalue weighted by molar-refractivity contribution is 7.98. The van der Waals surface area contributed by atoms with Crippen molar-refractivity contribution in [1.29, 1.82) is 0 Å². The molecule has 1 N–H and O–H groups in total. The molecule has 1 aliphatic carbocycles. The number of rotatable bonds is 3. The van der Waals surface area contributed by atoms with Crippen molar-refractivity contribution >= 4 is 23.5 Å². The molecule has 2 aliphatic rings.